The van der Waals surface area contributed by atoms with E-state index in [9.17, 15) is 0 Å². The smallest absolute Gasteiger partial charge is 0.0726 e. The fourth-order valence-corrected chi connectivity index (χ4v) is 0.405. The highest BCUT2D eigenvalue weighted by Gasteiger charge is 1.79. The zero-order valence-corrected chi connectivity index (χ0v) is 6.25. The summed E-state index contributed by atoms with van der Waals surface area (Å²) in [6, 6.07) is 0. The molecule has 0 aromatic rings. The molecule has 0 heterocycles. The molecule has 1 unspecified atom stereocenters. The summed E-state index contributed by atoms with van der Waals surface area (Å²) in [5.74, 6) is 5.91. The first-order chi connectivity index (χ1) is 3.27. The van der Waals surface area contributed by atoms with Gasteiger partial charge in [-0.2, -0.15) is 0 Å². The highest BCUT2D eigenvalue weighted by Crippen LogP contribution is 1.92. The Morgan fingerprint density at radius 2 is 2.29 bits per heavy atom. The summed E-state index contributed by atoms with van der Waals surface area (Å²) in [6.45, 7) is 4.06. The van der Waals surface area contributed by atoms with Crippen molar-refractivity contribution in [1.29, 1.82) is 0 Å². The van der Waals surface area contributed by atoms with Crippen molar-refractivity contribution >= 4 is 15.9 Å². The lowest BCUT2D eigenvalue weighted by Crippen LogP contribution is -1.78. The van der Waals surface area contributed by atoms with Gasteiger partial charge in [0.05, 0.1) is 4.83 Å². The van der Waals surface area contributed by atoms with Gasteiger partial charge in [0, 0.05) is 6.42 Å². The van der Waals surface area contributed by atoms with Crippen LogP contribution in [0.2, 0.25) is 0 Å². The van der Waals surface area contributed by atoms with Crippen LogP contribution in [-0.2, 0) is 0 Å². The molecule has 0 saturated heterocycles. The first-order valence-corrected chi connectivity index (χ1v) is 3.31. The molecule has 0 aliphatic carbocycles. The van der Waals surface area contributed by atoms with E-state index in [1.807, 2.05) is 13.8 Å². The molecular formula is C6H9Br. The molecule has 1 heteroatoms. The molecule has 7 heavy (non-hydrogen) atoms. The molecule has 0 nitrogen and oxygen atoms in total. The topological polar surface area (TPSA) is 0 Å². The van der Waals surface area contributed by atoms with Gasteiger partial charge in [-0.3, -0.25) is 0 Å². The molecule has 0 radical (unpaired) electrons. The van der Waals surface area contributed by atoms with E-state index in [2.05, 4.69) is 27.8 Å². The molecule has 1 atom stereocenters. The zero-order chi connectivity index (χ0) is 5.70. The van der Waals surface area contributed by atoms with Crippen LogP contribution in [0, 0.1) is 11.8 Å². The molecule has 0 aromatic carbocycles. The maximum Gasteiger partial charge on any atom is 0.0726 e. The molecular weight excluding hydrogens is 152 g/mol. The molecule has 0 fully saturated rings. The van der Waals surface area contributed by atoms with Crippen LogP contribution in [-0.4, -0.2) is 4.83 Å². The Balaban J connectivity index is 3.24. The Kier molecular flexibility index (Phi) is 4.23. The number of alkyl halides is 1. The fraction of sp³-hybridized carbons (Fsp3) is 0.667. The molecule has 0 amide bonds. The highest BCUT2D eigenvalue weighted by atomic mass is 79.9. The second-order valence-electron chi connectivity index (χ2n) is 1.29. The Morgan fingerprint density at radius 3 is 2.43 bits per heavy atom. The average Bonchev–Trinajstić information content (AvgIpc) is 1.61. The van der Waals surface area contributed by atoms with Crippen LogP contribution in [0.15, 0.2) is 0 Å². The second kappa shape index (κ2) is 4.21. The summed E-state index contributed by atoms with van der Waals surface area (Å²) in [5.41, 5.74) is 0. The third-order valence-corrected chi connectivity index (χ3v) is 0.707. The van der Waals surface area contributed by atoms with Crippen molar-refractivity contribution in [3.05, 3.63) is 0 Å². The van der Waals surface area contributed by atoms with E-state index in [4.69, 9.17) is 0 Å². The lowest BCUT2D eigenvalue weighted by Gasteiger charge is -1.81. The van der Waals surface area contributed by atoms with Crippen LogP contribution in [0.4, 0.5) is 0 Å². The molecule has 0 rings (SSSR count). The predicted octanol–water partition coefficient (Wildman–Crippen LogP) is 2.18. The molecule has 0 N–H and O–H groups in total. The first-order valence-electron chi connectivity index (χ1n) is 2.39. The van der Waals surface area contributed by atoms with E-state index in [-0.39, 0.29) is 0 Å². The van der Waals surface area contributed by atoms with E-state index >= 15 is 0 Å². The van der Waals surface area contributed by atoms with Gasteiger partial charge in [-0.25, -0.2) is 0 Å². The largest absolute Gasteiger partial charge is 0.102 e. The summed E-state index contributed by atoms with van der Waals surface area (Å²) >= 11 is 3.30. The van der Waals surface area contributed by atoms with Crippen LogP contribution >= 0.6 is 15.9 Å². The Hall–Kier alpha value is 0.0400. The van der Waals surface area contributed by atoms with Crippen molar-refractivity contribution in [2.75, 3.05) is 0 Å². The fourth-order valence-electron chi connectivity index (χ4n) is 0.243. The normalized spacial score (nSPS) is 11.9. The van der Waals surface area contributed by atoms with Gasteiger partial charge < -0.3 is 0 Å². The highest BCUT2D eigenvalue weighted by molar-refractivity contribution is 9.09. The van der Waals surface area contributed by atoms with Crippen LogP contribution < -0.4 is 0 Å². The minimum atomic E-state index is 0.354. The van der Waals surface area contributed by atoms with E-state index in [1.54, 1.807) is 0 Å². The minimum Gasteiger partial charge on any atom is -0.102 e. The van der Waals surface area contributed by atoms with Gasteiger partial charge in [0.25, 0.3) is 0 Å². The average molecular weight is 161 g/mol. The second-order valence-corrected chi connectivity index (χ2v) is 2.66. The SMILES string of the molecule is CCC#CC(C)Br. The number of halogens is 1. The van der Waals surface area contributed by atoms with Gasteiger partial charge in [-0.15, -0.1) is 5.92 Å². The van der Waals surface area contributed by atoms with Crippen molar-refractivity contribution in [2.24, 2.45) is 0 Å². The van der Waals surface area contributed by atoms with Crippen LogP contribution in [0.3, 0.4) is 0 Å². The van der Waals surface area contributed by atoms with Crippen molar-refractivity contribution < 1.29 is 0 Å². The molecule has 0 saturated carbocycles. The van der Waals surface area contributed by atoms with Gasteiger partial charge in [-0.1, -0.05) is 28.8 Å². The molecule has 0 aliphatic rings. The standard InChI is InChI=1S/C6H9Br/c1-3-4-5-6(2)7/h6H,3H2,1-2H3. The van der Waals surface area contributed by atoms with Crippen molar-refractivity contribution in [3.8, 4) is 11.8 Å². The summed E-state index contributed by atoms with van der Waals surface area (Å²) in [7, 11) is 0. The van der Waals surface area contributed by atoms with Crippen LogP contribution in [0.1, 0.15) is 20.3 Å². The van der Waals surface area contributed by atoms with Gasteiger partial charge in [0.1, 0.15) is 0 Å². The van der Waals surface area contributed by atoms with E-state index in [0.29, 0.717) is 4.83 Å². The van der Waals surface area contributed by atoms with E-state index in [1.165, 1.54) is 0 Å². The molecule has 0 aromatic heterocycles. The van der Waals surface area contributed by atoms with E-state index in [0.717, 1.165) is 6.42 Å². The Morgan fingerprint density at radius 1 is 1.71 bits per heavy atom. The minimum absolute atomic E-state index is 0.354. The number of rotatable bonds is 0. The third-order valence-electron chi connectivity index (χ3n) is 0.478. The van der Waals surface area contributed by atoms with Gasteiger partial charge in [0.2, 0.25) is 0 Å². The maximum atomic E-state index is 3.30. The molecule has 40 valence electrons. The number of hydrogen-bond donors (Lipinski definition) is 0. The van der Waals surface area contributed by atoms with Crippen molar-refractivity contribution in [2.45, 2.75) is 25.1 Å². The van der Waals surface area contributed by atoms with Crippen LogP contribution in [0.5, 0.6) is 0 Å². The third kappa shape index (κ3) is 6.04. The quantitative estimate of drug-likeness (QED) is 0.377. The first kappa shape index (κ1) is 7.04. The monoisotopic (exact) mass is 160 g/mol. The van der Waals surface area contributed by atoms with Gasteiger partial charge >= 0.3 is 0 Å². The van der Waals surface area contributed by atoms with Crippen LogP contribution in [0.25, 0.3) is 0 Å². The molecule has 0 spiro atoms. The van der Waals surface area contributed by atoms with Gasteiger partial charge in [-0.05, 0) is 6.92 Å². The lowest BCUT2D eigenvalue weighted by molar-refractivity contribution is 1.25. The van der Waals surface area contributed by atoms with Gasteiger partial charge in [0.15, 0.2) is 0 Å². The Bertz CT molecular complexity index is 84.1. The predicted molar refractivity (Wildman–Crippen MR) is 36.5 cm³/mol. The van der Waals surface area contributed by atoms with E-state index < -0.39 is 0 Å². The summed E-state index contributed by atoms with van der Waals surface area (Å²) < 4.78 is 0. The summed E-state index contributed by atoms with van der Waals surface area (Å²) in [4.78, 5) is 0.354. The number of hydrogen-bond acceptors (Lipinski definition) is 0. The zero-order valence-electron chi connectivity index (χ0n) is 4.66. The lowest BCUT2D eigenvalue weighted by atomic mass is 10.4. The summed E-state index contributed by atoms with van der Waals surface area (Å²) in [5, 5.41) is 0. The Labute approximate surface area is 53.4 Å². The van der Waals surface area contributed by atoms with Crippen molar-refractivity contribution in [3.63, 3.8) is 0 Å². The van der Waals surface area contributed by atoms with Crippen molar-refractivity contribution in [1.82, 2.24) is 0 Å². The molecule has 0 bridgehead atoms. The summed E-state index contributed by atoms with van der Waals surface area (Å²) in [6.07, 6.45) is 0.954. The molecule has 0 aliphatic heterocycles. The maximum absolute atomic E-state index is 3.30.